The van der Waals surface area contributed by atoms with Gasteiger partial charge in [-0.3, -0.25) is 0 Å². The Morgan fingerprint density at radius 3 is 1.35 bits per heavy atom. The zero-order valence-electron chi connectivity index (χ0n) is 12.3. The second-order valence-electron chi connectivity index (χ2n) is 4.66. The van der Waals surface area contributed by atoms with E-state index in [4.69, 9.17) is 35.1 Å². The Labute approximate surface area is 121 Å². The minimum absolute atomic E-state index is 0.403. The van der Waals surface area contributed by atoms with E-state index in [1.807, 2.05) is 20.8 Å². The van der Waals surface area contributed by atoms with Gasteiger partial charge in [-0.15, -0.1) is 0 Å². The summed E-state index contributed by atoms with van der Waals surface area (Å²) in [5, 5.41) is 25.0. The summed E-state index contributed by atoms with van der Waals surface area (Å²) in [7, 11) is -6.39. The highest BCUT2D eigenvalue weighted by Gasteiger charge is 2.35. The third-order valence-electron chi connectivity index (χ3n) is 3.19. The Morgan fingerprint density at radius 2 is 1.30 bits per heavy atom. The first-order valence-electron chi connectivity index (χ1n) is 6.45. The number of hydrogen-bond acceptors (Lipinski definition) is 6. The van der Waals surface area contributed by atoms with Gasteiger partial charge in [0.15, 0.2) is 0 Å². The number of aliphatic hydroxyl groups is 3. The lowest BCUT2D eigenvalue weighted by Gasteiger charge is -2.27. The Bertz CT molecular complexity index is 275. The molecule has 0 atom stereocenters. The number of aliphatic hydroxyl groups excluding tert-OH is 3. The molecule has 0 unspecified atom stereocenters. The van der Waals surface area contributed by atoms with Crippen LogP contribution in [0, 0.1) is 0 Å². The summed E-state index contributed by atoms with van der Waals surface area (Å²) in [4.78, 5) is 17.3. The molecule has 0 heterocycles. The molecule has 0 aliphatic rings. The molecule has 8 nitrogen and oxygen atoms in total. The molecule has 0 saturated heterocycles. The average Bonchev–Trinajstić information content (AvgIpc) is 2.43. The summed E-state index contributed by atoms with van der Waals surface area (Å²) >= 11 is 0. The molecule has 0 rings (SSSR count). The summed E-state index contributed by atoms with van der Waals surface area (Å²) < 4.78 is 15.5. The van der Waals surface area contributed by atoms with E-state index in [0.29, 0.717) is 0 Å². The molecule has 10 heteroatoms. The van der Waals surface area contributed by atoms with Gasteiger partial charge in [0.2, 0.25) is 8.32 Å². The zero-order chi connectivity index (χ0) is 16.4. The molecule has 0 radical (unpaired) electrons. The normalized spacial score (nSPS) is 12.8. The number of rotatable bonds is 8. The lowest BCUT2D eigenvalue weighted by atomic mass is 10.1. The van der Waals surface area contributed by atoms with Crippen LogP contribution < -0.4 is 5.73 Å². The van der Waals surface area contributed by atoms with Crippen molar-refractivity contribution in [2.75, 3.05) is 19.8 Å². The quantitative estimate of drug-likeness (QED) is 0.263. The Balaban J connectivity index is 0. The standard InChI is InChI=1S/C6H17O4PSi.C4H11NO3/c1-4-12(5-2,6-3)10-11(7,8)9;5-4(1-6,2-7)3-8/h4-6H2,1-3H3,(H2,7,8,9);6-8H,1-3,5H2. The second kappa shape index (κ2) is 9.99. The largest absolute Gasteiger partial charge is 0.459 e. The molecule has 7 N–H and O–H groups in total. The molecular formula is C10H28NO7PSi. The van der Waals surface area contributed by atoms with E-state index in [1.54, 1.807) is 0 Å². The molecule has 124 valence electrons. The number of hydrogen-bond donors (Lipinski definition) is 6. The molecule has 0 spiro atoms. The maximum Gasteiger partial charge on any atom is 0.459 e. The lowest BCUT2D eigenvalue weighted by molar-refractivity contribution is 0.0697. The van der Waals surface area contributed by atoms with Gasteiger partial charge in [-0.2, -0.15) is 0 Å². The minimum atomic E-state index is -4.28. The van der Waals surface area contributed by atoms with E-state index in [1.165, 1.54) is 0 Å². The van der Waals surface area contributed by atoms with Crippen molar-refractivity contribution >= 4 is 16.1 Å². The van der Waals surface area contributed by atoms with Crippen molar-refractivity contribution in [2.24, 2.45) is 5.73 Å². The van der Waals surface area contributed by atoms with Gasteiger partial charge in [-0.1, -0.05) is 20.8 Å². The average molecular weight is 333 g/mol. The van der Waals surface area contributed by atoms with Crippen LogP contribution >= 0.6 is 7.82 Å². The predicted octanol–water partition coefficient (Wildman–Crippen LogP) is -0.238. The van der Waals surface area contributed by atoms with Gasteiger partial charge < -0.3 is 35.1 Å². The molecular weight excluding hydrogens is 305 g/mol. The van der Waals surface area contributed by atoms with E-state index in [2.05, 4.69) is 0 Å². The zero-order valence-corrected chi connectivity index (χ0v) is 14.2. The molecule has 0 aromatic heterocycles. The summed E-state index contributed by atoms with van der Waals surface area (Å²) in [5.74, 6) is 0. The summed E-state index contributed by atoms with van der Waals surface area (Å²) in [5.41, 5.74) is 3.94. The molecule has 0 aliphatic heterocycles. The minimum Gasteiger partial charge on any atom is -0.394 e. The van der Waals surface area contributed by atoms with Gasteiger partial charge in [0.05, 0.1) is 25.4 Å². The summed E-state index contributed by atoms with van der Waals surface area (Å²) in [6.07, 6.45) is 0. The Kier molecular flexibility index (Phi) is 11.2. The molecule has 0 aromatic rings. The van der Waals surface area contributed by atoms with Gasteiger partial charge in [0.25, 0.3) is 0 Å². The van der Waals surface area contributed by atoms with E-state index in [-0.39, 0.29) is 0 Å². The fourth-order valence-electron chi connectivity index (χ4n) is 1.35. The maximum atomic E-state index is 10.6. The van der Waals surface area contributed by atoms with Crippen LogP contribution in [0.15, 0.2) is 0 Å². The van der Waals surface area contributed by atoms with Gasteiger partial charge >= 0.3 is 7.82 Å². The van der Waals surface area contributed by atoms with Crippen LogP contribution in [0.1, 0.15) is 20.8 Å². The first-order valence-corrected chi connectivity index (χ1v) is 10.5. The van der Waals surface area contributed by atoms with Crippen molar-refractivity contribution < 1.29 is 33.9 Å². The van der Waals surface area contributed by atoms with Crippen molar-refractivity contribution in [3.63, 3.8) is 0 Å². The first kappa shape index (κ1) is 22.4. The van der Waals surface area contributed by atoms with Gasteiger partial charge in [-0.25, -0.2) is 4.57 Å². The van der Waals surface area contributed by atoms with Crippen LogP contribution in [0.4, 0.5) is 0 Å². The molecule has 0 fully saturated rings. The molecule has 20 heavy (non-hydrogen) atoms. The maximum absolute atomic E-state index is 10.6. The highest BCUT2D eigenvalue weighted by atomic mass is 31.2. The Hall–Kier alpha value is 0.167. The lowest BCUT2D eigenvalue weighted by Crippen LogP contribution is -2.50. The van der Waals surface area contributed by atoms with Gasteiger partial charge in [0, 0.05) is 0 Å². The molecule has 0 bridgehead atoms. The van der Waals surface area contributed by atoms with Crippen molar-refractivity contribution in [1.29, 1.82) is 0 Å². The molecule has 0 saturated carbocycles. The van der Waals surface area contributed by atoms with Crippen LogP contribution in [-0.4, -0.2) is 58.8 Å². The fourth-order valence-corrected chi connectivity index (χ4v) is 6.41. The SMILES string of the molecule is CC[Si](CC)(CC)OP(=O)(O)O.NC(CO)(CO)CO. The van der Waals surface area contributed by atoms with Crippen LogP contribution in [-0.2, 0) is 8.78 Å². The predicted molar refractivity (Wildman–Crippen MR) is 78.5 cm³/mol. The number of nitrogens with two attached hydrogens (primary N) is 1. The van der Waals surface area contributed by atoms with E-state index in [0.717, 1.165) is 18.1 Å². The van der Waals surface area contributed by atoms with Crippen molar-refractivity contribution in [3.05, 3.63) is 0 Å². The van der Waals surface area contributed by atoms with Crippen LogP contribution in [0.5, 0.6) is 0 Å². The van der Waals surface area contributed by atoms with Crippen molar-refractivity contribution in [2.45, 2.75) is 44.4 Å². The smallest absolute Gasteiger partial charge is 0.394 e. The highest BCUT2D eigenvalue weighted by molar-refractivity contribution is 7.48. The molecule has 0 aliphatic carbocycles. The first-order chi connectivity index (χ1) is 9.07. The molecule has 0 amide bonds. The Morgan fingerprint density at radius 1 is 1.00 bits per heavy atom. The van der Waals surface area contributed by atoms with E-state index in [9.17, 15) is 4.57 Å². The van der Waals surface area contributed by atoms with E-state index < -0.39 is 41.5 Å². The van der Waals surface area contributed by atoms with Gasteiger partial charge in [-0.05, 0) is 18.1 Å². The second-order valence-corrected chi connectivity index (χ2v) is 10.9. The molecule has 0 aromatic carbocycles. The van der Waals surface area contributed by atoms with E-state index >= 15 is 0 Å². The highest BCUT2D eigenvalue weighted by Crippen LogP contribution is 2.43. The third-order valence-corrected chi connectivity index (χ3v) is 9.56. The van der Waals surface area contributed by atoms with Crippen molar-refractivity contribution in [1.82, 2.24) is 0 Å². The monoisotopic (exact) mass is 333 g/mol. The van der Waals surface area contributed by atoms with Crippen LogP contribution in [0.25, 0.3) is 0 Å². The topological polar surface area (TPSA) is 153 Å². The fraction of sp³-hybridized carbons (Fsp3) is 1.00. The van der Waals surface area contributed by atoms with Crippen molar-refractivity contribution in [3.8, 4) is 0 Å². The third kappa shape index (κ3) is 9.17. The summed E-state index contributed by atoms with van der Waals surface area (Å²) in [6, 6.07) is 2.27. The summed E-state index contributed by atoms with van der Waals surface area (Å²) in [6.45, 7) is 4.57. The number of phosphoric acid groups is 1. The van der Waals surface area contributed by atoms with Gasteiger partial charge in [0.1, 0.15) is 0 Å². The van der Waals surface area contributed by atoms with Crippen LogP contribution in [0.2, 0.25) is 18.1 Å². The van der Waals surface area contributed by atoms with Crippen LogP contribution in [0.3, 0.4) is 0 Å².